The summed E-state index contributed by atoms with van der Waals surface area (Å²) in [5, 5.41) is 13.4. The van der Waals surface area contributed by atoms with Crippen molar-refractivity contribution >= 4 is 28.8 Å². The van der Waals surface area contributed by atoms with Gasteiger partial charge in [-0.1, -0.05) is 30.7 Å². The number of benzene rings is 1. The molecule has 0 bridgehead atoms. The van der Waals surface area contributed by atoms with Crippen LogP contribution in [0.2, 0.25) is 5.02 Å². The first kappa shape index (κ1) is 26.0. The number of amides is 1. The first-order valence-electron chi connectivity index (χ1n) is 11.9. The molecule has 1 aromatic carbocycles. The van der Waals surface area contributed by atoms with E-state index in [1.807, 2.05) is 19.1 Å². The van der Waals surface area contributed by atoms with E-state index in [4.69, 9.17) is 21.1 Å². The third-order valence-electron chi connectivity index (χ3n) is 6.38. The van der Waals surface area contributed by atoms with Crippen LogP contribution in [0, 0.1) is 6.92 Å². The Kier molecular flexibility index (Phi) is 6.78. The zero-order valence-corrected chi connectivity index (χ0v) is 21.5. The van der Waals surface area contributed by atoms with E-state index in [2.05, 4.69) is 15.3 Å². The summed E-state index contributed by atoms with van der Waals surface area (Å²) in [5.41, 5.74) is 3.49. The summed E-state index contributed by atoms with van der Waals surface area (Å²) in [4.78, 5) is 15.7. The fourth-order valence-electron chi connectivity index (χ4n) is 4.73. The highest BCUT2D eigenvalue weighted by Crippen LogP contribution is 2.44. The molecule has 0 aliphatic carbocycles. The number of aromatic nitrogens is 5. The van der Waals surface area contributed by atoms with Crippen LogP contribution >= 0.6 is 11.6 Å². The summed E-state index contributed by atoms with van der Waals surface area (Å²) >= 11 is 6.15. The number of hydrogen-bond acceptors (Lipinski definition) is 6. The predicted molar refractivity (Wildman–Crippen MR) is 133 cm³/mol. The molecule has 1 atom stereocenters. The second-order valence-electron chi connectivity index (χ2n) is 8.79. The van der Waals surface area contributed by atoms with Gasteiger partial charge in [0.25, 0.3) is 5.91 Å². The van der Waals surface area contributed by atoms with Crippen molar-refractivity contribution in [2.45, 2.75) is 39.0 Å². The fraction of sp³-hybridized carbons (Fsp3) is 0.360. The van der Waals surface area contributed by atoms with Gasteiger partial charge in [0, 0.05) is 22.8 Å². The molecule has 0 spiro atoms. The average Bonchev–Trinajstić information content (AvgIpc) is 3.53. The molecule has 1 aliphatic heterocycles. The number of carbonyl (C=O) groups is 1. The molecule has 4 heterocycles. The van der Waals surface area contributed by atoms with Crippen LogP contribution in [0.3, 0.4) is 0 Å². The van der Waals surface area contributed by atoms with E-state index in [-0.39, 0.29) is 19.1 Å². The van der Waals surface area contributed by atoms with Gasteiger partial charge < -0.3 is 9.47 Å². The van der Waals surface area contributed by atoms with Crippen LogP contribution in [0.4, 0.5) is 18.9 Å². The van der Waals surface area contributed by atoms with Gasteiger partial charge in [0.15, 0.2) is 5.75 Å². The monoisotopic (exact) mass is 548 g/mol. The Morgan fingerprint density at radius 3 is 2.55 bits per heavy atom. The molecule has 4 aromatic rings. The molecule has 9 nitrogen and oxygen atoms in total. The Morgan fingerprint density at radius 2 is 1.89 bits per heavy atom. The molecule has 200 valence electrons. The van der Waals surface area contributed by atoms with Crippen LogP contribution in [0.25, 0.3) is 5.65 Å². The lowest BCUT2D eigenvalue weighted by Crippen LogP contribution is -2.31. The minimum Gasteiger partial charge on any atom is -0.493 e. The number of anilines is 1. The average molecular weight is 549 g/mol. The molecule has 38 heavy (non-hydrogen) atoms. The van der Waals surface area contributed by atoms with E-state index in [0.717, 1.165) is 5.56 Å². The van der Waals surface area contributed by atoms with Crippen LogP contribution < -0.4 is 9.64 Å². The first-order chi connectivity index (χ1) is 18.1. The smallest absolute Gasteiger partial charge is 0.411 e. The van der Waals surface area contributed by atoms with E-state index in [0.29, 0.717) is 51.3 Å². The molecule has 0 saturated heterocycles. The highest BCUT2D eigenvalue weighted by Gasteiger charge is 2.44. The van der Waals surface area contributed by atoms with Crippen LogP contribution in [0.5, 0.6) is 5.75 Å². The minimum atomic E-state index is -4.44. The van der Waals surface area contributed by atoms with Gasteiger partial charge in [-0.05, 0) is 31.0 Å². The Balaban J connectivity index is 1.63. The van der Waals surface area contributed by atoms with E-state index in [9.17, 15) is 18.0 Å². The van der Waals surface area contributed by atoms with Crippen LogP contribution in [-0.4, -0.2) is 56.8 Å². The molecule has 0 N–H and O–H groups in total. The lowest BCUT2D eigenvalue weighted by atomic mass is 9.98. The Labute approximate surface area is 220 Å². The number of fused-ring (bicyclic) bond motifs is 2. The highest BCUT2D eigenvalue weighted by molar-refractivity contribution is 6.30. The van der Waals surface area contributed by atoms with Gasteiger partial charge >= 0.3 is 6.18 Å². The second-order valence-corrected chi connectivity index (χ2v) is 9.23. The van der Waals surface area contributed by atoms with E-state index in [1.165, 1.54) is 11.8 Å². The molecule has 1 aliphatic rings. The molecule has 0 fully saturated rings. The van der Waals surface area contributed by atoms with Crippen LogP contribution in [0.1, 0.15) is 46.1 Å². The van der Waals surface area contributed by atoms with E-state index >= 15 is 0 Å². The highest BCUT2D eigenvalue weighted by atomic mass is 35.5. The lowest BCUT2D eigenvalue weighted by molar-refractivity contribution is -0.174. The van der Waals surface area contributed by atoms with Crippen molar-refractivity contribution in [1.29, 1.82) is 0 Å². The number of rotatable bonds is 8. The van der Waals surface area contributed by atoms with E-state index < -0.39 is 18.8 Å². The number of hydrogen-bond donors (Lipinski definition) is 0. The Morgan fingerprint density at radius 1 is 1.16 bits per heavy atom. The van der Waals surface area contributed by atoms with Gasteiger partial charge in [-0.3, -0.25) is 18.8 Å². The number of alkyl halides is 3. The number of nitrogens with zero attached hydrogens (tertiary/aromatic N) is 6. The number of aryl methyl sites for hydroxylation is 2. The maximum absolute atomic E-state index is 14.1. The second kappa shape index (κ2) is 9.91. The first-order valence-corrected chi connectivity index (χ1v) is 12.2. The third kappa shape index (κ3) is 4.58. The number of pyridine rings is 1. The lowest BCUT2D eigenvalue weighted by Gasteiger charge is -2.27. The topological polar surface area (TPSA) is 86.8 Å². The van der Waals surface area contributed by atoms with E-state index in [1.54, 1.807) is 40.6 Å². The zero-order chi connectivity index (χ0) is 27.2. The number of carbonyl (C=O) groups excluding carboxylic acids is 1. The molecule has 5 rings (SSSR count). The molecule has 0 radical (unpaired) electrons. The summed E-state index contributed by atoms with van der Waals surface area (Å²) < 4.78 is 51.2. The van der Waals surface area contributed by atoms with Gasteiger partial charge in [-0.15, -0.1) is 10.2 Å². The molecule has 3 aromatic heterocycles. The van der Waals surface area contributed by atoms with Crippen molar-refractivity contribution in [3.63, 3.8) is 0 Å². The molecule has 0 saturated carbocycles. The number of halogens is 4. The molecular weight excluding hydrogens is 525 g/mol. The molecule has 1 unspecified atom stereocenters. The van der Waals surface area contributed by atoms with Gasteiger partial charge in [0.05, 0.1) is 37.7 Å². The molecule has 1 amide bonds. The largest absolute Gasteiger partial charge is 0.493 e. The summed E-state index contributed by atoms with van der Waals surface area (Å²) in [6.07, 6.45) is -2.17. The van der Waals surface area contributed by atoms with Gasteiger partial charge in [-0.2, -0.15) is 18.3 Å². The predicted octanol–water partition coefficient (Wildman–Crippen LogP) is 4.79. The van der Waals surface area contributed by atoms with Crippen molar-refractivity contribution in [3.8, 4) is 5.75 Å². The van der Waals surface area contributed by atoms with Crippen molar-refractivity contribution in [1.82, 2.24) is 24.4 Å². The van der Waals surface area contributed by atoms with Gasteiger partial charge in [-0.25, -0.2) is 0 Å². The summed E-state index contributed by atoms with van der Waals surface area (Å²) in [6.45, 7) is 2.06. The third-order valence-corrected chi connectivity index (χ3v) is 6.63. The van der Waals surface area contributed by atoms with Gasteiger partial charge in [0.2, 0.25) is 5.65 Å². The van der Waals surface area contributed by atoms with Crippen molar-refractivity contribution in [2.24, 2.45) is 0 Å². The minimum absolute atomic E-state index is 0.0156. The number of ether oxygens (including phenoxy) is 2. The van der Waals surface area contributed by atoms with Crippen LogP contribution in [0.15, 0.2) is 36.5 Å². The quantitative estimate of drug-likeness (QED) is 0.294. The van der Waals surface area contributed by atoms with Crippen molar-refractivity contribution in [2.75, 3.05) is 25.2 Å². The summed E-state index contributed by atoms with van der Waals surface area (Å²) in [7, 11) is 1.51. The van der Waals surface area contributed by atoms with Gasteiger partial charge in [0.1, 0.15) is 18.1 Å². The summed E-state index contributed by atoms with van der Waals surface area (Å²) in [5.74, 6) is 0.685. The summed E-state index contributed by atoms with van der Waals surface area (Å²) in [6, 6.07) is 8.31. The van der Waals surface area contributed by atoms with Crippen LogP contribution in [-0.2, 0) is 17.7 Å². The zero-order valence-electron chi connectivity index (χ0n) is 20.8. The standard InChI is InChI=1S/C25H24ClF3N6O3/c1-4-18-20-21(15-5-7-16(26)8-6-15)35(17-11-19(37-3)23-31-30-14(2)33(23)12-17)24(36)22(20)34(32-18)9-10-38-13-25(27,28)29/h5-8,11-12,21H,4,9-10,13H2,1-3H3. The molecular formula is C25H24ClF3N6O3. The Bertz CT molecular complexity index is 1500. The Hall–Kier alpha value is -3.64. The number of methoxy groups -OCH3 is 1. The maximum Gasteiger partial charge on any atom is 0.411 e. The van der Waals surface area contributed by atoms with Crippen molar-refractivity contribution < 1.29 is 27.4 Å². The normalized spacial score (nSPS) is 15.5. The SMILES string of the molecule is CCc1nn(CCOCC(F)(F)F)c2c1C(c1ccc(Cl)cc1)N(c1cc(OC)c3nnc(C)n3c1)C2=O. The maximum atomic E-state index is 14.1. The van der Waals surface area contributed by atoms with Crippen molar-refractivity contribution in [3.05, 3.63) is 69.9 Å². The fourth-order valence-corrected chi connectivity index (χ4v) is 4.86. The molecule has 13 heteroatoms.